The molecule has 0 spiro atoms. The summed E-state index contributed by atoms with van der Waals surface area (Å²) in [4.78, 5) is 11.9. The molecule has 1 unspecified atom stereocenters. The van der Waals surface area contributed by atoms with Gasteiger partial charge in [-0.25, -0.2) is 0 Å². The van der Waals surface area contributed by atoms with Gasteiger partial charge in [0.2, 0.25) is 0 Å². The zero-order valence-corrected chi connectivity index (χ0v) is 21.3. The van der Waals surface area contributed by atoms with E-state index in [-0.39, 0.29) is 30.3 Å². The number of allylic oxidation sites excluding steroid dienone is 2. The lowest BCUT2D eigenvalue weighted by molar-refractivity contribution is -0.145. The molecule has 5 nitrogen and oxygen atoms in total. The molecule has 0 radical (unpaired) electrons. The van der Waals surface area contributed by atoms with Crippen molar-refractivity contribution in [1.82, 2.24) is 0 Å². The van der Waals surface area contributed by atoms with Crippen LogP contribution in [0.2, 0.25) is 0 Å². The molecule has 0 aliphatic heterocycles. The summed E-state index contributed by atoms with van der Waals surface area (Å²) >= 11 is 0. The van der Waals surface area contributed by atoms with Gasteiger partial charge in [0.05, 0.1) is 24.9 Å². The van der Waals surface area contributed by atoms with Crippen LogP contribution < -0.4 is 0 Å². The molecule has 0 heterocycles. The molecule has 1 fully saturated rings. The number of rotatable bonds is 16. The lowest BCUT2D eigenvalue weighted by Gasteiger charge is -2.23. The summed E-state index contributed by atoms with van der Waals surface area (Å²) in [5.41, 5.74) is 1.21. The fraction of sp³-hybridized carbons (Fsp3) is 0.581. The third-order valence-corrected chi connectivity index (χ3v) is 7.08. The highest BCUT2D eigenvalue weighted by molar-refractivity contribution is 5.69. The number of carbonyl (C=O) groups is 1. The van der Waals surface area contributed by atoms with Crippen molar-refractivity contribution in [3.8, 4) is 24.7 Å². The molecule has 5 atom stereocenters. The van der Waals surface area contributed by atoms with Crippen molar-refractivity contribution in [3.63, 3.8) is 0 Å². The number of carbonyl (C=O) groups excluding carboxylic acids is 1. The SMILES string of the molecule is C#CCC(CC#C)COC(=O)CCC/C=C\C[C@H]1[C@@H](O)CC(O)[C@@H]1CC[C@@H](O)CCc1ccccc1. The van der Waals surface area contributed by atoms with E-state index in [4.69, 9.17) is 17.6 Å². The third-order valence-electron chi connectivity index (χ3n) is 7.08. The van der Waals surface area contributed by atoms with E-state index in [1.165, 1.54) is 5.56 Å². The Morgan fingerprint density at radius 1 is 1.06 bits per heavy atom. The Hall–Kier alpha value is -2.57. The summed E-state index contributed by atoms with van der Waals surface area (Å²) in [5.74, 6) is 4.83. The molecule has 0 amide bonds. The quantitative estimate of drug-likeness (QED) is 0.137. The van der Waals surface area contributed by atoms with Gasteiger partial charge in [-0.2, -0.15) is 0 Å². The number of ether oxygens (including phenoxy) is 1. The van der Waals surface area contributed by atoms with Crippen LogP contribution in [0.1, 0.15) is 69.8 Å². The first-order chi connectivity index (χ1) is 17.4. The third kappa shape index (κ3) is 11.0. The Balaban J connectivity index is 1.66. The maximum atomic E-state index is 11.9. The summed E-state index contributed by atoms with van der Waals surface area (Å²) in [6.45, 7) is 0.257. The highest BCUT2D eigenvalue weighted by atomic mass is 16.5. The summed E-state index contributed by atoms with van der Waals surface area (Å²) in [5, 5.41) is 31.4. The Bertz CT molecular complexity index is 849. The first-order valence-corrected chi connectivity index (χ1v) is 13.2. The van der Waals surface area contributed by atoms with E-state index >= 15 is 0 Å². The van der Waals surface area contributed by atoms with Gasteiger partial charge in [0.1, 0.15) is 0 Å². The molecule has 196 valence electrons. The molecule has 2 rings (SSSR count). The smallest absolute Gasteiger partial charge is 0.305 e. The molecule has 1 aromatic carbocycles. The van der Waals surface area contributed by atoms with Gasteiger partial charge in [0.25, 0.3) is 0 Å². The number of esters is 1. The van der Waals surface area contributed by atoms with Crippen molar-refractivity contribution in [2.45, 2.75) is 88.9 Å². The van der Waals surface area contributed by atoms with Crippen LogP contribution >= 0.6 is 0 Å². The van der Waals surface area contributed by atoms with Gasteiger partial charge in [-0.05, 0) is 68.8 Å². The van der Waals surface area contributed by atoms with Gasteiger partial charge in [-0.1, -0.05) is 42.5 Å². The van der Waals surface area contributed by atoms with Gasteiger partial charge in [-0.15, -0.1) is 24.7 Å². The van der Waals surface area contributed by atoms with Gasteiger partial charge in [0.15, 0.2) is 0 Å². The molecular weight excluding hydrogens is 452 g/mol. The number of hydrogen-bond acceptors (Lipinski definition) is 5. The molecule has 5 heteroatoms. The van der Waals surface area contributed by atoms with Crippen molar-refractivity contribution in [3.05, 3.63) is 48.0 Å². The van der Waals surface area contributed by atoms with Crippen molar-refractivity contribution < 1.29 is 24.9 Å². The lowest BCUT2D eigenvalue weighted by atomic mass is 9.85. The van der Waals surface area contributed by atoms with E-state index in [0.717, 1.165) is 12.8 Å². The monoisotopic (exact) mass is 494 g/mol. The number of benzene rings is 1. The molecule has 1 aliphatic carbocycles. The zero-order valence-electron chi connectivity index (χ0n) is 21.3. The fourth-order valence-electron chi connectivity index (χ4n) is 4.95. The van der Waals surface area contributed by atoms with Crippen LogP contribution in [0, 0.1) is 42.4 Å². The minimum Gasteiger partial charge on any atom is -0.465 e. The average molecular weight is 495 g/mol. The molecule has 1 aliphatic rings. The van der Waals surface area contributed by atoms with E-state index < -0.39 is 18.3 Å². The summed E-state index contributed by atoms with van der Waals surface area (Å²) in [6, 6.07) is 10.1. The van der Waals surface area contributed by atoms with E-state index in [1.807, 2.05) is 30.4 Å². The van der Waals surface area contributed by atoms with Crippen LogP contribution in [0.25, 0.3) is 0 Å². The summed E-state index contributed by atoms with van der Waals surface area (Å²) < 4.78 is 5.29. The normalized spacial score (nSPS) is 22.4. The van der Waals surface area contributed by atoms with Crippen molar-refractivity contribution in [2.75, 3.05) is 6.61 Å². The molecule has 36 heavy (non-hydrogen) atoms. The molecule has 0 aromatic heterocycles. The maximum Gasteiger partial charge on any atom is 0.305 e. The first kappa shape index (κ1) is 29.7. The number of hydrogen-bond donors (Lipinski definition) is 3. The number of unbranched alkanes of at least 4 members (excludes halogenated alkanes) is 1. The van der Waals surface area contributed by atoms with Crippen LogP contribution in [0.4, 0.5) is 0 Å². The predicted octanol–water partition coefficient (Wildman–Crippen LogP) is 4.44. The van der Waals surface area contributed by atoms with Crippen LogP contribution in [0.5, 0.6) is 0 Å². The molecular formula is C31H42O5. The van der Waals surface area contributed by atoms with Crippen LogP contribution in [0.3, 0.4) is 0 Å². The molecule has 1 saturated carbocycles. The summed E-state index contributed by atoms with van der Waals surface area (Å²) in [7, 11) is 0. The number of aryl methyl sites for hydroxylation is 1. The fourth-order valence-corrected chi connectivity index (χ4v) is 4.95. The number of terminal acetylenes is 2. The minimum atomic E-state index is -0.540. The average Bonchev–Trinajstić information content (AvgIpc) is 3.14. The van der Waals surface area contributed by atoms with Crippen molar-refractivity contribution in [1.29, 1.82) is 0 Å². The van der Waals surface area contributed by atoms with Gasteiger partial charge in [0, 0.05) is 25.2 Å². The Labute approximate surface area is 217 Å². The largest absolute Gasteiger partial charge is 0.465 e. The van der Waals surface area contributed by atoms with Crippen molar-refractivity contribution in [2.24, 2.45) is 17.8 Å². The lowest BCUT2D eigenvalue weighted by Crippen LogP contribution is -2.23. The van der Waals surface area contributed by atoms with Gasteiger partial charge in [-0.3, -0.25) is 4.79 Å². The Kier molecular flexibility index (Phi) is 14.0. The minimum absolute atomic E-state index is 0.00922. The summed E-state index contributed by atoms with van der Waals surface area (Å²) in [6.07, 6.45) is 19.8. The van der Waals surface area contributed by atoms with Gasteiger partial charge >= 0.3 is 5.97 Å². The number of aliphatic hydroxyl groups is 3. The van der Waals surface area contributed by atoms with Crippen LogP contribution in [-0.4, -0.2) is 46.2 Å². The second kappa shape index (κ2) is 17.0. The highest BCUT2D eigenvalue weighted by Gasteiger charge is 2.40. The van der Waals surface area contributed by atoms with Gasteiger partial charge < -0.3 is 20.1 Å². The van der Waals surface area contributed by atoms with Crippen LogP contribution in [-0.2, 0) is 16.0 Å². The maximum absolute atomic E-state index is 11.9. The first-order valence-electron chi connectivity index (χ1n) is 13.2. The molecule has 3 N–H and O–H groups in total. The topological polar surface area (TPSA) is 87.0 Å². The van der Waals surface area contributed by atoms with E-state index in [2.05, 4.69) is 24.0 Å². The molecule has 0 saturated heterocycles. The Morgan fingerprint density at radius 3 is 2.44 bits per heavy atom. The van der Waals surface area contributed by atoms with Crippen LogP contribution in [0.15, 0.2) is 42.5 Å². The van der Waals surface area contributed by atoms with E-state index in [0.29, 0.717) is 57.8 Å². The number of aliphatic hydroxyl groups excluding tert-OH is 3. The van der Waals surface area contributed by atoms with E-state index in [1.54, 1.807) is 0 Å². The predicted molar refractivity (Wildman–Crippen MR) is 143 cm³/mol. The molecule has 1 aromatic rings. The zero-order chi connectivity index (χ0) is 26.2. The molecule has 0 bridgehead atoms. The Morgan fingerprint density at radius 2 is 1.75 bits per heavy atom. The second-order valence-electron chi connectivity index (χ2n) is 9.92. The highest BCUT2D eigenvalue weighted by Crippen LogP contribution is 2.38. The van der Waals surface area contributed by atoms with Crippen molar-refractivity contribution >= 4 is 5.97 Å². The van der Waals surface area contributed by atoms with E-state index in [9.17, 15) is 20.1 Å². The standard InChI is InChI=1S/C31H42O5/c1-3-12-25(13-4-2)23-36-31(35)17-11-6-5-10-16-27-28(30(34)22-29(27)33)21-20-26(32)19-18-24-14-8-7-9-15-24/h1-2,5,7-10,14-15,25-30,32-34H,6,11-13,16-23H2/b10-5-/t26-,27+,28+,29-,30?/m0/s1. The second-order valence-corrected chi connectivity index (χ2v) is 9.92.